The number of aromatic nitrogens is 2. The zero-order valence-electron chi connectivity index (χ0n) is 11.8. The molecule has 0 aliphatic heterocycles. The molecule has 4 nitrogen and oxygen atoms in total. The number of amides is 1. The van der Waals surface area contributed by atoms with Crippen molar-refractivity contribution < 1.29 is 9.18 Å². The molecule has 0 unspecified atom stereocenters. The Morgan fingerprint density at radius 1 is 1.04 bits per heavy atom. The number of carbonyl (C=O) groups is 1. The number of benzene rings is 1. The molecule has 0 spiro atoms. The molecule has 0 aliphatic carbocycles. The second-order valence-electron chi connectivity index (χ2n) is 4.71. The fourth-order valence-corrected chi connectivity index (χ4v) is 2.69. The molecule has 0 aliphatic rings. The summed E-state index contributed by atoms with van der Waals surface area (Å²) in [5.41, 5.74) is 2.18. The van der Waals surface area contributed by atoms with Gasteiger partial charge in [0, 0.05) is 27.2 Å². The van der Waals surface area contributed by atoms with E-state index in [4.69, 9.17) is 0 Å². The summed E-state index contributed by atoms with van der Waals surface area (Å²) in [6.07, 6.45) is 3.01. The lowest BCUT2D eigenvalue weighted by Gasteiger charge is -2.09. The summed E-state index contributed by atoms with van der Waals surface area (Å²) in [4.78, 5) is 20.0. The fourth-order valence-electron chi connectivity index (χ4n) is 2.08. The van der Waals surface area contributed by atoms with Crippen molar-refractivity contribution in [2.45, 2.75) is 0 Å². The third-order valence-corrected chi connectivity index (χ3v) is 4.11. The molecule has 0 atom stereocenters. The number of halogens is 2. The van der Waals surface area contributed by atoms with E-state index >= 15 is 0 Å². The Labute approximate surface area is 145 Å². The van der Waals surface area contributed by atoms with Gasteiger partial charge in [0.2, 0.25) is 5.95 Å². The number of carbonyl (C=O) groups excluding carboxylic acids is 1. The van der Waals surface area contributed by atoms with E-state index in [-0.39, 0.29) is 5.56 Å². The van der Waals surface area contributed by atoms with Crippen LogP contribution in [0.3, 0.4) is 0 Å². The van der Waals surface area contributed by atoms with Crippen LogP contribution in [0.2, 0.25) is 0 Å². The molecular weight excluding hydrogens is 408 g/mol. The molecule has 3 aromatic rings. The van der Waals surface area contributed by atoms with Crippen LogP contribution in [-0.4, -0.2) is 15.9 Å². The van der Waals surface area contributed by atoms with Crippen molar-refractivity contribution in [2.24, 2.45) is 0 Å². The Balaban J connectivity index is 1.90. The topological polar surface area (TPSA) is 54.9 Å². The third kappa shape index (κ3) is 3.53. The van der Waals surface area contributed by atoms with Crippen molar-refractivity contribution in [3.63, 3.8) is 0 Å². The number of nitrogens with zero attached hydrogens (tertiary/aromatic N) is 2. The second-order valence-corrected chi connectivity index (χ2v) is 5.87. The summed E-state index contributed by atoms with van der Waals surface area (Å²) >= 11 is 2.21. The Morgan fingerprint density at radius 2 is 1.87 bits per heavy atom. The van der Waals surface area contributed by atoms with Crippen LogP contribution in [0.25, 0.3) is 11.3 Å². The van der Waals surface area contributed by atoms with Crippen LogP contribution in [0, 0.1) is 9.52 Å². The molecular formula is C17H11FIN3O. The van der Waals surface area contributed by atoms with Crippen LogP contribution in [-0.2, 0) is 0 Å². The number of hydrogen-bond donors (Lipinski definition) is 1. The maximum Gasteiger partial charge on any atom is 0.260 e. The third-order valence-electron chi connectivity index (χ3n) is 3.17. The van der Waals surface area contributed by atoms with E-state index < -0.39 is 11.9 Å². The molecule has 1 amide bonds. The Kier molecular flexibility index (Phi) is 4.61. The molecule has 0 bridgehead atoms. The van der Waals surface area contributed by atoms with Gasteiger partial charge in [-0.25, -0.2) is 4.98 Å². The largest absolute Gasteiger partial charge is 0.322 e. The quantitative estimate of drug-likeness (QED) is 0.513. The number of anilines is 1. The van der Waals surface area contributed by atoms with Gasteiger partial charge in [0.25, 0.3) is 5.91 Å². The van der Waals surface area contributed by atoms with Gasteiger partial charge in [0.15, 0.2) is 0 Å². The van der Waals surface area contributed by atoms with E-state index in [1.165, 1.54) is 18.3 Å². The molecule has 23 heavy (non-hydrogen) atoms. The molecule has 2 heterocycles. The molecule has 1 N–H and O–H groups in total. The highest BCUT2D eigenvalue weighted by Crippen LogP contribution is 2.27. The van der Waals surface area contributed by atoms with Crippen LogP contribution in [0.5, 0.6) is 0 Å². The molecule has 0 saturated heterocycles. The van der Waals surface area contributed by atoms with Gasteiger partial charge in [-0.1, -0.05) is 6.07 Å². The average Bonchev–Trinajstić information content (AvgIpc) is 2.57. The van der Waals surface area contributed by atoms with E-state index in [1.807, 2.05) is 30.3 Å². The highest BCUT2D eigenvalue weighted by Gasteiger charge is 2.13. The van der Waals surface area contributed by atoms with E-state index in [9.17, 15) is 9.18 Å². The molecule has 0 saturated carbocycles. The first-order valence-electron chi connectivity index (χ1n) is 6.78. The summed E-state index contributed by atoms with van der Waals surface area (Å²) in [5.74, 6) is -1.33. The lowest BCUT2D eigenvalue weighted by molar-refractivity contribution is 0.102. The van der Waals surface area contributed by atoms with Crippen LogP contribution in [0.15, 0.2) is 60.9 Å². The average molecular weight is 419 g/mol. The summed E-state index contributed by atoms with van der Waals surface area (Å²) in [5, 5.41) is 2.69. The van der Waals surface area contributed by atoms with E-state index in [2.05, 4.69) is 37.9 Å². The van der Waals surface area contributed by atoms with E-state index in [0.29, 0.717) is 5.69 Å². The fraction of sp³-hybridized carbons (Fsp3) is 0. The van der Waals surface area contributed by atoms with E-state index in [1.54, 1.807) is 12.3 Å². The summed E-state index contributed by atoms with van der Waals surface area (Å²) in [6.45, 7) is 0. The predicted molar refractivity (Wildman–Crippen MR) is 94.5 cm³/mol. The van der Waals surface area contributed by atoms with Gasteiger partial charge in [-0.2, -0.15) is 4.39 Å². The molecule has 2 aromatic heterocycles. The van der Waals surface area contributed by atoms with Gasteiger partial charge in [0.05, 0.1) is 11.3 Å². The zero-order valence-corrected chi connectivity index (χ0v) is 14.0. The minimum Gasteiger partial charge on any atom is -0.322 e. The second kappa shape index (κ2) is 6.82. The van der Waals surface area contributed by atoms with Gasteiger partial charge in [-0.3, -0.25) is 9.78 Å². The monoisotopic (exact) mass is 419 g/mol. The van der Waals surface area contributed by atoms with Gasteiger partial charge < -0.3 is 5.32 Å². The summed E-state index contributed by atoms with van der Waals surface area (Å²) in [7, 11) is 0. The van der Waals surface area contributed by atoms with Crippen molar-refractivity contribution in [1.82, 2.24) is 9.97 Å². The molecule has 3 rings (SSSR count). The smallest absolute Gasteiger partial charge is 0.260 e. The van der Waals surface area contributed by atoms with Crippen molar-refractivity contribution in [3.05, 3.63) is 76.0 Å². The van der Waals surface area contributed by atoms with Crippen molar-refractivity contribution in [3.8, 4) is 11.3 Å². The number of rotatable bonds is 3. The summed E-state index contributed by atoms with van der Waals surface area (Å²) in [6, 6.07) is 14.0. The van der Waals surface area contributed by atoms with Crippen LogP contribution >= 0.6 is 22.6 Å². The molecule has 114 valence electrons. The Bertz CT molecular complexity index is 855. The van der Waals surface area contributed by atoms with Crippen LogP contribution in [0.4, 0.5) is 10.1 Å². The number of hydrogen-bond acceptors (Lipinski definition) is 3. The normalized spacial score (nSPS) is 10.3. The molecule has 1 aromatic carbocycles. The van der Waals surface area contributed by atoms with E-state index in [0.717, 1.165) is 14.8 Å². The SMILES string of the molecule is O=C(Nc1ccc(I)c(-c2ccccn2)c1)c1cccnc1F. The highest BCUT2D eigenvalue weighted by molar-refractivity contribution is 14.1. The van der Waals surface area contributed by atoms with Crippen molar-refractivity contribution >= 4 is 34.2 Å². The lowest BCUT2D eigenvalue weighted by atomic mass is 10.1. The standard InChI is InChI=1S/C17H11FIN3O/c18-16-12(4-3-9-21-16)17(23)22-11-6-7-14(19)13(10-11)15-5-1-2-8-20-15/h1-10H,(H,22,23). The van der Waals surface area contributed by atoms with Crippen molar-refractivity contribution in [2.75, 3.05) is 5.32 Å². The molecule has 0 fully saturated rings. The van der Waals surface area contributed by atoms with Crippen LogP contribution in [0.1, 0.15) is 10.4 Å². The number of pyridine rings is 2. The van der Waals surface area contributed by atoms with Gasteiger partial charge >= 0.3 is 0 Å². The van der Waals surface area contributed by atoms with Gasteiger partial charge in [-0.15, -0.1) is 0 Å². The minimum atomic E-state index is -0.791. The molecule has 0 radical (unpaired) electrons. The lowest BCUT2D eigenvalue weighted by Crippen LogP contribution is -2.14. The Hall–Kier alpha value is -2.35. The maximum absolute atomic E-state index is 13.6. The Morgan fingerprint density at radius 3 is 2.61 bits per heavy atom. The molecule has 6 heteroatoms. The van der Waals surface area contributed by atoms with Crippen molar-refractivity contribution in [1.29, 1.82) is 0 Å². The predicted octanol–water partition coefficient (Wildman–Crippen LogP) is 4.14. The minimum absolute atomic E-state index is 0.0922. The van der Waals surface area contributed by atoms with Gasteiger partial charge in [0.1, 0.15) is 0 Å². The summed E-state index contributed by atoms with van der Waals surface area (Å²) < 4.78 is 14.6. The first-order chi connectivity index (χ1) is 11.1. The zero-order chi connectivity index (χ0) is 16.2. The first kappa shape index (κ1) is 15.5. The number of nitrogens with one attached hydrogen (secondary N) is 1. The highest BCUT2D eigenvalue weighted by atomic mass is 127. The maximum atomic E-state index is 13.6. The van der Waals surface area contributed by atoms with Crippen LogP contribution < -0.4 is 5.32 Å². The first-order valence-corrected chi connectivity index (χ1v) is 7.86. The van der Waals surface area contributed by atoms with Gasteiger partial charge in [-0.05, 0) is 65.1 Å².